The van der Waals surface area contributed by atoms with Gasteiger partial charge in [0, 0.05) is 24.6 Å². The molecular weight excluding hydrogens is 382 g/mol. The molecule has 1 atom stereocenters. The van der Waals surface area contributed by atoms with Gasteiger partial charge >= 0.3 is 36.3 Å². The minimum Gasteiger partial charge on any atom is -0.480 e. The summed E-state index contributed by atoms with van der Waals surface area (Å²) in [5.41, 5.74) is 0. The van der Waals surface area contributed by atoms with E-state index in [1.807, 2.05) is 0 Å². The summed E-state index contributed by atoms with van der Waals surface area (Å²) in [7, 11) is 0. The van der Waals surface area contributed by atoms with E-state index in [2.05, 4.69) is 25.0 Å². The largest absolute Gasteiger partial charge is 0.743 e. The summed E-state index contributed by atoms with van der Waals surface area (Å²) in [5, 5.41) is 33.8. The molecule has 0 aliphatic carbocycles. The van der Waals surface area contributed by atoms with Gasteiger partial charge in [0.05, 0.1) is 0 Å². The number of rotatable bonds is 13. The van der Waals surface area contributed by atoms with Crippen LogP contribution in [0.4, 0.5) is 0 Å². The van der Waals surface area contributed by atoms with Crippen molar-refractivity contribution in [2.45, 2.75) is 25.3 Å². The van der Waals surface area contributed by atoms with E-state index < -0.39 is 35.9 Å². The molecule has 13 nitrogen and oxygen atoms in total. The van der Waals surface area contributed by atoms with E-state index in [-0.39, 0.29) is 13.0 Å². The van der Waals surface area contributed by atoms with Crippen molar-refractivity contribution in [2.75, 3.05) is 6.54 Å². The maximum absolute atomic E-state index is 11.1. The van der Waals surface area contributed by atoms with E-state index in [4.69, 9.17) is 15.3 Å². The average molecular weight is 402 g/mol. The van der Waals surface area contributed by atoms with Crippen molar-refractivity contribution in [1.82, 2.24) is 5.32 Å². The van der Waals surface area contributed by atoms with Gasteiger partial charge in [-0.3, -0.25) is 10.2 Å². The summed E-state index contributed by atoms with van der Waals surface area (Å²) in [4.78, 5) is 56.0. The highest BCUT2D eigenvalue weighted by molar-refractivity contribution is 5.91. The molecule has 0 fully saturated rings. The van der Waals surface area contributed by atoms with E-state index in [0.29, 0.717) is 31.1 Å². The number of unbranched alkanes of at least 4 members (excludes halogenated alkanes) is 1. The molecule has 0 aliphatic heterocycles. The zero-order valence-corrected chi connectivity index (χ0v) is 14.5. The summed E-state index contributed by atoms with van der Waals surface area (Å²) >= 11 is 0. The number of carbonyl (C=O) groups is 4. The second-order valence-corrected chi connectivity index (χ2v) is 4.88. The molecule has 6 N–H and O–H groups in total. The van der Waals surface area contributed by atoms with E-state index in [0.717, 1.165) is 12.5 Å². The third-order valence-corrected chi connectivity index (χ3v) is 2.71. The smallest absolute Gasteiger partial charge is 0.480 e. The number of nitrogens with zero attached hydrogens (tertiary/aromatic N) is 1. The Morgan fingerprint density at radius 1 is 1.07 bits per heavy atom. The lowest BCUT2D eigenvalue weighted by Crippen LogP contribution is -2.66. The molecule has 0 aromatic rings. The molecule has 1 amide bonds. The zero-order valence-electron chi connectivity index (χ0n) is 14.5. The SMILES string of the molecule is O=C(O)/C=C\C(=O)ON=[NH+]CCCC[C@H](NC=[O+]C(=[OH+])/C=C\C(=O)O)C(=O)O. The second kappa shape index (κ2) is 14.3. The normalized spacial score (nSPS) is 12.6. The van der Waals surface area contributed by atoms with E-state index in [1.54, 1.807) is 0 Å². The zero-order chi connectivity index (χ0) is 21.4. The van der Waals surface area contributed by atoms with Crippen LogP contribution in [-0.2, 0) is 28.4 Å². The fraction of sp³-hybridized carbons (Fsp3) is 0.333. The van der Waals surface area contributed by atoms with Gasteiger partial charge in [-0.2, -0.15) is 4.79 Å². The first-order valence-corrected chi connectivity index (χ1v) is 7.71. The van der Waals surface area contributed by atoms with Crippen LogP contribution in [0.15, 0.2) is 29.6 Å². The minimum absolute atomic E-state index is 0.184. The highest BCUT2D eigenvalue weighted by Gasteiger charge is 2.20. The first-order chi connectivity index (χ1) is 13.2. The van der Waals surface area contributed by atoms with Gasteiger partial charge in [-0.25, -0.2) is 19.2 Å². The Morgan fingerprint density at radius 3 is 2.32 bits per heavy atom. The predicted molar refractivity (Wildman–Crippen MR) is 89.3 cm³/mol. The van der Waals surface area contributed by atoms with Crippen LogP contribution in [0.5, 0.6) is 0 Å². The number of nitrogens with one attached hydrogen (secondary N) is 2. The summed E-state index contributed by atoms with van der Waals surface area (Å²) in [6.45, 7) is 0.261. The average Bonchev–Trinajstić information content (AvgIpc) is 2.62. The fourth-order valence-corrected chi connectivity index (χ4v) is 1.48. The van der Waals surface area contributed by atoms with Crippen molar-refractivity contribution in [3.8, 4) is 0 Å². The molecule has 0 saturated heterocycles. The quantitative estimate of drug-likeness (QED) is 0.0561. The van der Waals surface area contributed by atoms with Gasteiger partial charge in [-0.1, -0.05) is 0 Å². The number of hydrogen-bond donors (Lipinski definition) is 5. The highest BCUT2D eigenvalue weighted by atomic mass is 16.7. The third kappa shape index (κ3) is 14.4. The molecule has 13 heteroatoms. The minimum atomic E-state index is -1.31. The van der Waals surface area contributed by atoms with Crippen LogP contribution >= 0.6 is 0 Å². The molecule has 0 aliphatic rings. The molecule has 0 aromatic heterocycles. The maximum atomic E-state index is 11.1. The van der Waals surface area contributed by atoms with Gasteiger partial charge in [-0.15, -0.1) is 9.54 Å². The Labute approximate surface area is 157 Å². The van der Waals surface area contributed by atoms with E-state index >= 15 is 0 Å². The maximum Gasteiger partial charge on any atom is 0.743 e. The van der Waals surface area contributed by atoms with Crippen LogP contribution in [0.1, 0.15) is 19.3 Å². The first-order valence-electron chi connectivity index (χ1n) is 7.71. The lowest BCUT2D eigenvalue weighted by molar-refractivity contribution is -0.559. The molecule has 0 rings (SSSR count). The van der Waals surface area contributed by atoms with Gasteiger partial charge < -0.3 is 15.3 Å². The lowest BCUT2D eigenvalue weighted by atomic mass is 10.1. The number of carbonyl (C=O) groups excluding carboxylic acids is 3. The summed E-state index contributed by atoms with van der Waals surface area (Å²) < 4.78 is 4.59. The van der Waals surface area contributed by atoms with Crippen LogP contribution in [-0.4, -0.2) is 69.0 Å². The predicted octanol–water partition coefficient (Wildman–Crippen LogP) is -2.33. The van der Waals surface area contributed by atoms with Crippen LogP contribution in [0.2, 0.25) is 0 Å². The number of hydrogen-bond acceptors (Lipinski definition) is 6. The summed E-state index contributed by atoms with van der Waals surface area (Å²) in [6.07, 6.45) is 4.59. The van der Waals surface area contributed by atoms with Crippen molar-refractivity contribution >= 4 is 36.3 Å². The van der Waals surface area contributed by atoms with Crippen LogP contribution in [0, 0.1) is 0 Å². The molecule has 0 bridgehead atoms. The second-order valence-electron chi connectivity index (χ2n) is 4.88. The molecular formula is C15H20N3O10+3. The van der Waals surface area contributed by atoms with Crippen molar-refractivity contribution < 1.29 is 53.7 Å². The summed E-state index contributed by atoms with van der Waals surface area (Å²) in [6, 6.07) is -1.02. The van der Waals surface area contributed by atoms with Gasteiger partial charge in [-0.05, 0) is 12.8 Å². The molecule has 152 valence electrons. The molecule has 0 unspecified atom stereocenters. The van der Waals surface area contributed by atoms with Crippen LogP contribution < -0.4 is 10.4 Å². The summed E-state index contributed by atoms with van der Waals surface area (Å²) in [5.74, 6) is -5.48. The monoisotopic (exact) mass is 402 g/mol. The fourth-order valence-electron chi connectivity index (χ4n) is 1.48. The van der Waals surface area contributed by atoms with Gasteiger partial charge in [0.1, 0.15) is 6.04 Å². The number of carboxylic acid groups (broad SMARTS) is 3. The van der Waals surface area contributed by atoms with Crippen molar-refractivity contribution in [3.63, 3.8) is 0 Å². The van der Waals surface area contributed by atoms with Gasteiger partial charge in [0.2, 0.25) is 0 Å². The Hall–Kier alpha value is -3.90. The number of aliphatic carboxylic acids is 3. The lowest BCUT2D eigenvalue weighted by Gasteiger charge is -2.07. The van der Waals surface area contributed by atoms with Crippen molar-refractivity contribution in [1.29, 1.82) is 0 Å². The molecule has 0 radical (unpaired) electrons. The Morgan fingerprint density at radius 2 is 1.71 bits per heavy atom. The van der Waals surface area contributed by atoms with Crippen LogP contribution in [0.25, 0.3) is 0 Å². The molecule has 28 heavy (non-hydrogen) atoms. The van der Waals surface area contributed by atoms with Gasteiger partial charge in [0.25, 0.3) is 0 Å². The molecule has 0 aromatic carbocycles. The van der Waals surface area contributed by atoms with Gasteiger partial charge in [0.15, 0.2) is 17.9 Å². The number of carboxylic acids is 3. The Bertz CT molecular complexity index is 696. The third-order valence-electron chi connectivity index (χ3n) is 2.71. The Balaban J connectivity index is 4.14. The molecule has 0 saturated carbocycles. The van der Waals surface area contributed by atoms with Crippen LogP contribution in [0.3, 0.4) is 0 Å². The van der Waals surface area contributed by atoms with E-state index in [1.165, 1.54) is 0 Å². The highest BCUT2D eigenvalue weighted by Crippen LogP contribution is 1.99. The topological polar surface area (TPSA) is 209 Å². The Kier molecular flexibility index (Phi) is 12.3. The molecule has 0 heterocycles. The van der Waals surface area contributed by atoms with Crippen molar-refractivity contribution in [2.24, 2.45) is 5.28 Å². The standard InChI is InChI=1S/C15H17N3O10/c19-11(20)4-6-13(23)27-9-16-10(15(25)26)3-1-2-8-17-18-28-14(24)7-5-12(21)22/h4-7,9-10H,1-3,8H2,(H3-,16,19,20,21,22,23,25,26)/p+3/b6-4-,7-5-,18-17?/t10-/m0/s1. The first kappa shape index (κ1) is 24.1. The van der Waals surface area contributed by atoms with E-state index in [9.17, 15) is 24.0 Å². The number of amides is 1. The molecule has 0 spiro atoms. The van der Waals surface area contributed by atoms with Crippen molar-refractivity contribution in [3.05, 3.63) is 24.3 Å².